The van der Waals surface area contributed by atoms with Crippen LogP contribution in [0.2, 0.25) is 0 Å². The van der Waals surface area contributed by atoms with Crippen molar-refractivity contribution in [2.75, 3.05) is 34.5 Å². The molecule has 0 spiro atoms. The average Bonchev–Trinajstić information content (AvgIpc) is 3.65. The van der Waals surface area contributed by atoms with Gasteiger partial charge in [0, 0.05) is 42.3 Å². The van der Waals surface area contributed by atoms with E-state index < -0.39 is 70.1 Å². The van der Waals surface area contributed by atoms with Crippen LogP contribution in [0.15, 0.2) is 84.9 Å². The summed E-state index contributed by atoms with van der Waals surface area (Å²) < 4.78 is 40.3. The third kappa shape index (κ3) is 17.6. The molecule has 0 saturated heterocycles. The summed E-state index contributed by atoms with van der Waals surface area (Å²) in [4.78, 5) is 70.2. The molecule has 0 bridgehead atoms. The molecule has 0 saturated carbocycles. The molecular weight excluding hydrogens is 965 g/mol. The summed E-state index contributed by atoms with van der Waals surface area (Å²) in [5.74, 6) is 0.563. The Hall–Kier alpha value is -6.46. The zero-order chi connectivity index (χ0) is 54.4. The van der Waals surface area contributed by atoms with Gasteiger partial charge in [0.05, 0.1) is 33.0 Å². The summed E-state index contributed by atoms with van der Waals surface area (Å²) in [5.41, 5.74) is 3.60. The molecule has 4 amide bonds. The van der Waals surface area contributed by atoms with E-state index in [1.54, 1.807) is 64.1 Å². The molecule has 5 rings (SSSR count). The van der Waals surface area contributed by atoms with E-state index in [-0.39, 0.29) is 37.7 Å². The molecule has 402 valence electrons. The summed E-state index contributed by atoms with van der Waals surface area (Å²) in [5, 5.41) is 10.9. The Bertz CT molecular complexity index is 2480. The Balaban J connectivity index is 1.42. The van der Waals surface area contributed by atoms with Crippen LogP contribution in [0.4, 0.5) is 9.59 Å². The minimum atomic E-state index is -1.26. The van der Waals surface area contributed by atoms with Crippen LogP contribution in [0, 0.1) is 0 Å². The average molecular weight is 1040 g/mol. The zero-order valence-corrected chi connectivity index (χ0v) is 46.0. The number of amides is 4. The molecule has 4 aromatic rings. The number of fused-ring (bicyclic) bond motifs is 3. The number of benzene rings is 4. The molecule has 1 aliphatic rings. The predicted molar refractivity (Wildman–Crippen MR) is 287 cm³/mol. The molecule has 0 unspecified atom stereocenters. The van der Waals surface area contributed by atoms with Gasteiger partial charge in [-0.05, 0) is 128 Å². The topological polar surface area (TPSA) is 198 Å². The first-order valence-corrected chi connectivity index (χ1v) is 26.0. The first-order chi connectivity index (χ1) is 34.9. The van der Waals surface area contributed by atoms with Crippen molar-refractivity contribution in [1.82, 2.24) is 21.3 Å². The van der Waals surface area contributed by atoms with Crippen molar-refractivity contribution in [3.63, 3.8) is 0 Å². The number of carbonyl (C=O) groups is 5. The molecule has 0 heterocycles. The SMILES string of the molecule is COc1cc(OC)c(CSC(=O)[C@@H](NC(=O)[C@H](Cc2ccc(OC(C)(C)C)cc2)NC(=O)[C@H](CCCCNC(=O)OC(C)(C)C)NC(=O)OCC2c3ccccc3-c3ccccc32)[C@@H](C)OC(C)(C)C)c(OC)c1. The number of thioether (sulfide) groups is 1. The van der Waals surface area contributed by atoms with Crippen LogP contribution in [-0.4, -0.2) is 105 Å². The minimum absolute atomic E-state index is 0.00630. The van der Waals surface area contributed by atoms with Crippen LogP contribution in [0.3, 0.4) is 0 Å². The van der Waals surface area contributed by atoms with Crippen LogP contribution in [0.5, 0.6) is 23.0 Å². The van der Waals surface area contributed by atoms with E-state index in [0.717, 1.165) is 34.0 Å². The molecule has 0 radical (unpaired) electrons. The summed E-state index contributed by atoms with van der Waals surface area (Å²) in [6.45, 7) is 18.6. The van der Waals surface area contributed by atoms with Crippen LogP contribution >= 0.6 is 11.8 Å². The summed E-state index contributed by atoms with van der Waals surface area (Å²) in [6, 6.07) is 22.9. The number of methoxy groups -OCH3 is 3. The Morgan fingerprint density at radius 1 is 0.635 bits per heavy atom. The monoisotopic (exact) mass is 1040 g/mol. The number of carbonyl (C=O) groups excluding carboxylic acids is 5. The first kappa shape index (κ1) is 58.4. The quantitative estimate of drug-likeness (QED) is 0.0513. The van der Waals surface area contributed by atoms with Gasteiger partial charge in [-0.15, -0.1) is 0 Å². The zero-order valence-electron chi connectivity index (χ0n) is 45.2. The normalized spacial score (nSPS) is 14.0. The molecular formula is C57H76N4O12S. The Kier molecular flexibility index (Phi) is 20.7. The fraction of sp³-hybridized carbons (Fsp3) is 0.491. The number of unbranched alkanes of at least 4 members (excludes halogenated alkanes) is 1. The van der Waals surface area contributed by atoms with E-state index in [1.807, 2.05) is 90.1 Å². The molecule has 74 heavy (non-hydrogen) atoms. The van der Waals surface area contributed by atoms with E-state index in [9.17, 15) is 24.0 Å². The maximum atomic E-state index is 14.8. The van der Waals surface area contributed by atoms with Crippen LogP contribution in [0.25, 0.3) is 11.1 Å². The highest BCUT2D eigenvalue weighted by atomic mass is 32.2. The number of nitrogens with one attached hydrogen (secondary N) is 4. The van der Waals surface area contributed by atoms with Gasteiger partial charge >= 0.3 is 12.2 Å². The third-order valence-corrected chi connectivity index (χ3v) is 12.7. The predicted octanol–water partition coefficient (Wildman–Crippen LogP) is 9.67. The van der Waals surface area contributed by atoms with Crippen molar-refractivity contribution in [2.24, 2.45) is 0 Å². The molecule has 1 aliphatic carbocycles. The summed E-state index contributed by atoms with van der Waals surface area (Å²) in [6.07, 6.45) is -1.31. The number of hydrogen-bond acceptors (Lipinski definition) is 13. The van der Waals surface area contributed by atoms with Gasteiger partial charge in [0.25, 0.3) is 0 Å². The van der Waals surface area contributed by atoms with E-state index in [1.165, 1.54) is 21.3 Å². The van der Waals surface area contributed by atoms with Gasteiger partial charge in [0.1, 0.15) is 58.9 Å². The summed E-state index contributed by atoms with van der Waals surface area (Å²) >= 11 is 0.946. The summed E-state index contributed by atoms with van der Waals surface area (Å²) in [7, 11) is 4.54. The van der Waals surface area contributed by atoms with Crippen molar-refractivity contribution in [1.29, 1.82) is 0 Å². The van der Waals surface area contributed by atoms with Gasteiger partial charge in [-0.2, -0.15) is 0 Å². The van der Waals surface area contributed by atoms with E-state index >= 15 is 0 Å². The highest BCUT2D eigenvalue weighted by Gasteiger charge is 2.36. The van der Waals surface area contributed by atoms with Gasteiger partial charge in [-0.25, -0.2) is 9.59 Å². The van der Waals surface area contributed by atoms with E-state index in [0.29, 0.717) is 47.0 Å². The van der Waals surface area contributed by atoms with Gasteiger partial charge in [0.15, 0.2) is 0 Å². The second-order valence-corrected chi connectivity index (χ2v) is 22.1. The number of rotatable bonds is 23. The van der Waals surface area contributed by atoms with Crippen LogP contribution < -0.4 is 40.2 Å². The molecule has 16 nitrogen and oxygen atoms in total. The number of ether oxygens (including phenoxy) is 7. The highest BCUT2D eigenvalue weighted by Crippen LogP contribution is 2.44. The van der Waals surface area contributed by atoms with Gasteiger partial charge in [-0.3, -0.25) is 14.4 Å². The van der Waals surface area contributed by atoms with Gasteiger partial charge < -0.3 is 54.4 Å². The van der Waals surface area contributed by atoms with E-state index in [4.69, 9.17) is 33.2 Å². The van der Waals surface area contributed by atoms with Gasteiger partial charge in [-0.1, -0.05) is 72.4 Å². The molecule has 0 aromatic heterocycles. The maximum Gasteiger partial charge on any atom is 0.407 e. The lowest BCUT2D eigenvalue weighted by molar-refractivity contribution is -0.134. The standard InChI is InChI=1S/C57H76N4O12S/c1-35(71-55(2,3)4)49(52(64)74-34-44-47(68-12)31-38(67-11)32-48(44)69-13)61-51(63)46(30-36-25-27-37(28-26-36)72-56(5,6)7)59-50(62)45(24-18-19-29-58-53(65)73-57(8,9)10)60-54(66)70-33-43-41-22-16-14-20-39(41)40-21-15-17-23-42(40)43/h14-17,20-23,25-28,31-32,35,43,45-46,49H,18-19,24,29-30,33-34H2,1-13H3,(H,58,65)(H,59,62)(H,60,66)(H,61,63)/t35-,45+,46+,49+/m1/s1. The second kappa shape index (κ2) is 26.2. The van der Waals surface area contributed by atoms with Gasteiger partial charge in [0.2, 0.25) is 16.9 Å². The lowest BCUT2D eigenvalue weighted by atomic mass is 9.98. The minimum Gasteiger partial charge on any atom is -0.496 e. The Morgan fingerprint density at radius 3 is 1.76 bits per heavy atom. The molecule has 0 aliphatic heterocycles. The van der Waals surface area contributed by atoms with Crippen molar-refractivity contribution in [3.8, 4) is 34.1 Å². The highest BCUT2D eigenvalue weighted by molar-refractivity contribution is 8.13. The largest absolute Gasteiger partial charge is 0.496 e. The van der Waals surface area contributed by atoms with Crippen LogP contribution in [0.1, 0.15) is 117 Å². The fourth-order valence-electron chi connectivity index (χ4n) is 8.49. The first-order valence-electron chi connectivity index (χ1n) is 25.0. The Labute approximate surface area is 441 Å². The van der Waals surface area contributed by atoms with Crippen molar-refractivity contribution in [3.05, 3.63) is 107 Å². The molecule has 4 aromatic carbocycles. The maximum absolute atomic E-state index is 14.8. The van der Waals surface area contributed by atoms with Crippen molar-refractivity contribution >= 4 is 40.9 Å². The van der Waals surface area contributed by atoms with Crippen LogP contribution in [-0.2, 0) is 40.8 Å². The molecule has 17 heteroatoms. The lowest BCUT2D eigenvalue weighted by Gasteiger charge is -2.32. The number of alkyl carbamates (subject to hydrolysis) is 2. The fourth-order valence-corrected chi connectivity index (χ4v) is 9.50. The Morgan fingerprint density at radius 2 is 1.22 bits per heavy atom. The second-order valence-electron chi connectivity index (χ2n) is 21.1. The third-order valence-electron chi connectivity index (χ3n) is 11.7. The number of hydrogen-bond donors (Lipinski definition) is 4. The lowest BCUT2D eigenvalue weighted by Crippen LogP contribution is -2.58. The molecule has 4 atom stereocenters. The van der Waals surface area contributed by atoms with E-state index in [2.05, 4.69) is 21.3 Å². The van der Waals surface area contributed by atoms with Crippen molar-refractivity contribution < 1.29 is 57.1 Å². The van der Waals surface area contributed by atoms with Crippen molar-refractivity contribution in [2.45, 2.75) is 148 Å². The smallest absolute Gasteiger partial charge is 0.407 e. The molecule has 0 fully saturated rings. The molecule has 4 N–H and O–H groups in total.